The van der Waals surface area contributed by atoms with Crippen LogP contribution in [-0.2, 0) is 11.3 Å². The van der Waals surface area contributed by atoms with E-state index in [4.69, 9.17) is 15.8 Å². The van der Waals surface area contributed by atoms with Crippen LogP contribution in [0.2, 0.25) is 0 Å². The Morgan fingerprint density at radius 3 is 2.55 bits per heavy atom. The second-order valence-electron chi connectivity index (χ2n) is 4.73. The molecule has 1 aromatic rings. The van der Waals surface area contributed by atoms with Gasteiger partial charge in [0.05, 0.1) is 18.8 Å². The molecule has 104 valence electrons. The van der Waals surface area contributed by atoms with Crippen molar-refractivity contribution >= 4 is 0 Å². The molecule has 7 nitrogen and oxygen atoms in total. The number of hydrogen-bond donors (Lipinski definition) is 0. The molecular weight excluding hydrogens is 256 g/mol. The van der Waals surface area contributed by atoms with Crippen molar-refractivity contribution in [3.63, 3.8) is 0 Å². The molecule has 20 heavy (non-hydrogen) atoms. The molecule has 1 fully saturated rings. The number of ether oxygens (including phenoxy) is 1. The summed E-state index contributed by atoms with van der Waals surface area (Å²) in [6.07, 6.45) is 2.25. The van der Waals surface area contributed by atoms with Crippen molar-refractivity contribution in [1.82, 2.24) is 0 Å². The smallest absolute Gasteiger partial charge is 0.0720 e. The van der Waals surface area contributed by atoms with E-state index in [1.807, 2.05) is 30.3 Å². The van der Waals surface area contributed by atoms with Gasteiger partial charge in [0.2, 0.25) is 0 Å². The lowest BCUT2D eigenvalue weighted by atomic mass is 9.89. The maximum Gasteiger partial charge on any atom is 0.0720 e. The van der Waals surface area contributed by atoms with Crippen LogP contribution in [0.1, 0.15) is 24.8 Å². The molecule has 0 bridgehead atoms. The maximum atomic E-state index is 8.68. The summed E-state index contributed by atoms with van der Waals surface area (Å²) in [5.41, 5.74) is 18.3. The molecule has 0 heterocycles. The minimum absolute atomic E-state index is 0.199. The molecule has 0 unspecified atom stereocenters. The highest BCUT2D eigenvalue weighted by Crippen LogP contribution is 2.27. The van der Waals surface area contributed by atoms with Crippen molar-refractivity contribution in [1.29, 1.82) is 0 Å². The van der Waals surface area contributed by atoms with Crippen LogP contribution >= 0.6 is 0 Å². The fourth-order valence-electron chi connectivity index (χ4n) is 2.48. The van der Waals surface area contributed by atoms with Crippen molar-refractivity contribution in [2.24, 2.45) is 10.2 Å². The van der Waals surface area contributed by atoms with Gasteiger partial charge < -0.3 is 4.74 Å². The zero-order valence-electron chi connectivity index (χ0n) is 11.0. The fourth-order valence-corrected chi connectivity index (χ4v) is 2.48. The Balaban J connectivity index is 2.04. The average Bonchev–Trinajstić information content (AvgIpc) is 2.49. The highest BCUT2D eigenvalue weighted by Gasteiger charge is 2.32. The second-order valence-corrected chi connectivity index (χ2v) is 4.73. The van der Waals surface area contributed by atoms with E-state index in [1.165, 1.54) is 0 Å². The van der Waals surface area contributed by atoms with Crippen LogP contribution in [0.15, 0.2) is 40.6 Å². The first-order valence-electron chi connectivity index (χ1n) is 6.59. The lowest BCUT2D eigenvalue weighted by Gasteiger charge is -2.32. The normalized spacial score (nSPS) is 25.3. The zero-order valence-corrected chi connectivity index (χ0v) is 11.0. The van der Waals surface area contributed by atoms with E-state index in [9.17, 15) is 0 Å². The summed E-state index contributed by atoms with van der Waals surface area (Å²) in [5.74, 6) is 0. The highest BCUT2D eigenvalue weighted by atomic mass is 16.5. The number of nitrogens with zero attached hydrogens (tertiary/aromatic N) is 6. The zero-order chi connectivity index (χ0) is 14.2. The monoisotopic (exact) mass is 272 g/mol. The summed E-state index contributed by atoms with van der Waals surface area (Å²) in [7, 11) is 0. The van der Waals surface area contributed by atoms with Gasteiger partial charge in [-0.15, -0.1) is 0 Å². The average molecular weight is 272 g/mol. The molecule has 1 aromatic carbocycles. The number of hydrogen-bond acceptors (Lipinski definition) is 3. The number of rotatable bonds is 5. The van der Waals surface area contributed by atoms with Crippen LogP contribution in [0, 0.1) is 0 Å². The lowest BCUT2D eigenvalue weighted by Crippen LogP contribution is -2.40. The number of azide groups is 2. The molecule has 7 heteroatoms. The van der Waals surface area contributed by atoms with Gasteiger partial charge in [-0.25, -0.2) is 0 Å². The van der Waals surface area contributed by atoms with Crippen molar-refractivity contribution < 1.29 is 4.74 Å². The minimum atomic E-state index is -0.423. The van der Waals surface area contributed by atoms with Crippen molar-refractivity contribution in [3.8, 4) is 0 Å². The van der Waals surface area contributed by atoms with Crippen LogP contribution < -0.4 is 0 Å². The molecule has 0 amide bonds. The molecule has 1 saturated carbocycles. The topological polar surface area (TPSA) is 107 Å². The van der Waals surface area contributed by atoms with Crippen LogP contribution in [0.25, 0.3) is 20.9 Å². The summed E-state index contributed by atoms with van der Waals surface area (Å²) in [4.78, 5) is 5.69. The number of benzene rings is 1. The standard InChI is InChI=1S/C13H16N6O/c14-18-16-11-7-4-8-12(13(11)17-19-15)20-9-10-5-2-1-3-6-10/h1-3,5-6,11-13H,4,7-9H2/t11-,12+,13-/m1/s1. The van der Waals surface area contributed by atoms with E-state index in [0.29, 0.717) is 6.61 Å². The molecule has 3 atom stereocenters. The first-order valence-corrected chi connectivity index (χ1v) is 6.59. The third-order valence-corrected chi connectivity index (χ3v) is 3.46. The molecule has 0 aromatic heterocycles. The van der Waals surface area contributed by atoms with Crippen molar-refractivity contribution in [3.05, 3.63) is 56.8 Å². The van der Waals surface area contributed by atoms with Gasteiger partial charge in [0.1, 0.15) is 0 Å². The Bertz CT molecular complexity index is 521. The van der Waals surface area contributed by atoms with Crippen molar-refractivity contribution in [2.45, 2.75) is 44.1 Å². The Morgan fingerprint density at radius 1 is 1.10 bits per heavy atom. The maximum absolute atomic E-state index is 8.68. The van der Waals surface area contributed by atoms with E-state index in [0.717, 1.165) is 24.8 Å². The van der Waals surface area contributed by atoms with E-state index in [-0.39, 0.29) is 12.1 Å². The lowest BCUT2D eigenvalue weighted by molar-refractivity contribution is -0.00109. The quantitative estimate of drug-likeness (QED) is 0.448. The summed E-state index contributed by atoms with van der Waals surface area (Å²) in [6, 6.07) is 9.08. The van der Waals surface area contributed by atoms with Gasteiger partial charge in [-0.3, -0.25) is 0 Å². The van der Waals surface area contributed by atoms with Gasteiger partial charge in [0, 0.05) is 15.9 Å². The van der Waals surface area contributed by atoms with Crippen LogP contribution in [0.3, 0.4) is 0 Å². The Kier molecular flexibility index (Phi) is 5.26. The Labute approximate surface area is 116 Å². The van der Waals surface area contributed by atoms with Gasteiger partial charge in [-0.1, -0.05) is 47.0 Å². The van der Waals surface area contributed by atoms with E-state index < -0.39 is 6.04 Å². The molecule has 1 aliphatic carbocycles. The first-order chi connectivity index (χ1) is 9.85. The third kappa shape index (κ3) is 3.65. The van der Waals surface area contributed by atoms with Crippen molar-refractivity contribution in [2.75, 3.05) is 0 Å². The molecule has 0 radical (unpaired) electrons. The predicted octanol–water partition coefficient (Wildman–Crippen LogP) is 4.11. The van der Waals surface area contributed by atoms with E-state index in [1.54, 1.807) is 0 Å². The largest absolute Gasteiger partial charge is 0.373 e. The van der Waals surface area contributed by atoms with Crippen LogP contribution in [0.4, 0.5) is 0 Å². The second kappa shape index (κ2) is 7.40. The van der Waals surface area contributed by atoms with Gasteiger partial charge in [-0.2, -0.15) is 0 Å². The first kappa shape index (κ1) is 14.2. The molecular formula is C13H16N6O. The summed E-state index contributed by atoms with van der Waals surface area (Å²) < 4.78 is 5.86. The Morgan fingerprint density at radius 2 is 1.85 bits per heavy atom. The predicted molar refractivity (Wildman–Crippen MR) is 74.7 cm³/mol. The molecule has 0 saturated heterocycles. The molecule has 0 N–H and O–H groups in total. The summed E-state index contributed by atoms with van der Waals surface area (Å²) in [6.45, 7) is 0.464. The summed E-state index contributed by atoms with van der Waals surface area (Å²) in [5, 5.41) is 7.49. The Hall–Kier alpha value is -2.20. The van der Waals surface area contributed by atoms with Crippen LogP contribution in [-0.4, -0.2) is 18.2 Å². The minimum Gasteiger partial charge on any atom is -0.373 e. The van der Waals surface area contributed by atoms with E-state index in [2.05, 4.69) is 20.1 Å². The molecule has 1 aliphatic rings. The van der Waals surface area contributed by atoms with Gasteiger partial charge >= 0.3 is 0 Å². The fraction of sp³-hybridized carbons (Fsp3) is 0.538. The molecule has 0 spiro atoms. The summed E-state index contributed by atoms with van der Waals surface area (Å²) >= 11 is 0. The third-order valence-electron chi connectivity index (χ3n) is 3.46. The van der Waals surface area contributed by atoms with Gasteiger partial charge in [-0.05, 0) is 29.5 Å². The highest BCUT2D eigenvalue weighted by molar-refractivity contribution is 5.13. The SMILES string of the molecule is [N-]=[N+]=N[C@H]1[C@@H](OCc2ccccc2)CCC[C@H]1N=[N+]=[N-]. The van der Waals surface area contributed by atoms with E-state index >= 15 is 0 Å². The van der Waals surface area contributed by atoms with Gasteiger partial charge in [0.25, 0.3) is 0 Å². The molecule has 2 rings (SSSR count). The molecule has 0 aliphatic heterocycles. The van der Waals surface area contributed by atoms with Crippen LogP contribution in [0.5, 0.6) is 0 Å². The van der Waals surface area contributed by atoms with Gasteiger partial charge in [0.15, 0.2) is 0 Å².